The molecule has 0 atom stereocenters. The van der Waals surface area contributed by atoms with E-state index in [2.05, 4.69) is 9.99 Å². The van der Waals surface area contributed by atoms with E-state index in [1.165, 1.54) is 19.1 Å². The predicted molar refractivity (Wildman–Crippen MR) is 60.9 cm³/mol. The molecule has 4 nitrogen and oxygen atoms in total. The van der Waals surface area contributed by atoms with Crippen molar-refractivity contribution in [2.24, 2.45) is 10.6 Å². The van der Waals surface area contributed by atoms with Gasteiger partial charge in [0, 0.05) is 12.5 Å². The van der Waals surface area contributed by atoms with Gasteiger partial charge in [0.1, 0.15) is 5.71 Å². The normalized spacial score (nSPS) is 18.6. The molecule has 0 unspecified atom stereocenters. The zero-order valence-corrected chi connectivity index (χ0v) is 9.90. The maximum Gasteiger partial charge on any atom is 0.331 e. The number of ketones is 1. The molecular weight excluding hydrogens is 206 g/mol. The molecule has 0 aromatic heterocycles. The number of carbonyl (C=O) groups is 2. The van der Waals surface area contributed by atoms with Crippen molar-refractivity contribution in [1.29, 1.82) is 0 Å². The number of hydrogen-bond acceptors (Lipinski definition) is 4. The maximum atomic E-state index is 11.6. The smallest absolute Gasteiger partial charge is 0.318 e. The summed E-state index contributed by atoms with van der Waals surface area (Å²) < 4.78 is 0. The third-order valence-electron chi connectivity index (χ3n) is 2.05. The topological polar surface area (TPSA) is 55.7 Å². The van der Waals surface area contributed by atoms with E-state index in [0.29, 0.717) is 11.3 Å². The molecule has 1 aliphatic carbocycles. The average molecular weight is 221 g/mol. The van der Waals surface area contributed by atoms with E-state index in [4.69, 9.17) is 0 Å². The molecule has 0 radical (unpaired) electrons. The molecule has 0 heterocycles. The van der Waals surface area contributed by atoms with Gasteiger partial charge in [0.05, 0.1) is 0 Å². The van der Waals surface area contributed by atoms with Gasteiger partial charge < -0.3 is 4.84 Å². The summed E-state index contributed by atoms with van der Waals surface area (Å²) in [5.41, 5.74) is 0.874. The molecule has 0 saturated heterocycles. The van der Waals surface area contributed by atoms with Crippen molar-refractivity contribution in [2.45, 2.75) is 27.7 Å². The standard InChI is InChI=1S/C12H15NO3/c1-8(14)16-13-9-5-6-11(15)10(7-9)12(2,3)4/h5-7H,1-4H3/b13-9-. The summed E-state index contributed by atoms with van der Waals surface area (Å²) in [6, 6.07) is 0. The number of hydrogen-bond donors (Lipinski definition) is 0. The molecule has 0 aliphatic heterocycles. The van der Waals surface area contributed by atoms with Crippen LogP contribution in [0.3, 0.4) is 0 Å². The van der Waals surface area contributed by atoms with Gasteiger partial charge in [0.25, 0.3) is 0 Å². The van der Waals surface area contributed by atoms with E-state index in [1.54, 1.807) is 6.08 Å². The van der Waals surface area contributed by atoms with E-state index in [9.17, 15) is 9.59 Å². The van der Waals surface area contributed by atoms with E-state index >= 15 is 0 Å². The molecule has 1 rings (SSSR count). The Labute approximate surface area is 94.7 Å². The minimum Gasteiger partial charge on any atom is -0.318 e. The quantitative estimate of drug-likeness (QED) is 0.386. The van der Waals surface area contributed by atoms with Gasteiger partial charge in [-0.2, -0.15) is 0 Å². The average Bonchev–Trinajstić information content (AvgIpc) is 2.14. The van der Waals surface area contributed by atoms with Gasteiger partial charge in [-0.3, -0.25) is 4.79 Å². The molecule has 0 aromatic carbocycles. The van der Waals surface area contributed by atoms with Crippen LogP contribution in [-0.4, -0.2) is 17.5 Å². The minimum atomic E-state index is -0.483. The van der Waals surface area contributed by atoms with Crippen LogP contribution < -0.4 is 0 Å². The minimum absolute atomic E-state index is 0.0331. The summed E-state index contributed by atoms with van der Waals surface area (Å²) in [6.45, 7) is 7.11. The van der Waals surface area contributed by atoms with E-state index in [1.807, 2.05) is 20.8 Å². The first-order valence-corrected chi connectivity index (χ1v) is 5.01. The monoisotopic (exact) mass is 221 g/mol. The first-order chi connectivity index (χ1) is 7.30. The van der Waals surface area contributed by atoms with Crippen LogP contribution in [0.1, 0.15) is 27.7 Å². The van der Waals surface area contributed by atoms with Crippen LogP contribution in [0.2, 0.25) is 0 Å². The van der Waals surface area contributed by atoms with Gasteiger partial charge in [-0.15, -0.1) is 0 Å². The van der Waals surface area contributed by atoms with Crippen LogP contribution in [0.15, 0.2) is 29.0 Å². The highest BCUT2D eigenvalue weighted by molar-refractivity contribution is 6.19. The lowest BCUT2D eigenvalue weighted by Gasteiger charge is -2.22. The zero-order chi connectivity index (χ0) is 12.3. The van der Waals surface area contributed by atoms with Gasteiger partial charge in [-0.25, -0.2) is 4.79 Å². The molecule has 0 bridgehead atoms. The second-order valence-corrected chi connectivity index (χ2v) is 4.60. The molecule has 4 heteroatoms. The third-order valence-corrected chi connectivity index (χ3v) is 2.05. The fourth-order valence-electron chi connectivity index (χ4n) is 1.28. The molecule has 0 amide bonds. The second kappa shape index (κ2) is 4.43. The van der Waals surface area contributed by atoms with Gasteiger partial charge in [0.15, 0.2) is 5.78 Å². The van der Waals surface area contributed by atoms with Gasteiger partial charge in [-0.1, -0.05) is 25.9 Å². The van der Waals surface area contributed by atoms with E-state index in [0.717, 1.165) is 0 Å². The maximum absolute atomic E-state index is 11.6. The fourth-order valence-corrected chi connectivity index (χ4v) is 1.28. The predicted octanol–water partition coefficient (Wildman–Crippen LogP) is 2.02. The van der Waals surface area contributed by atoms with Crippen molar-refractivity contribution in [3.8, 4) is 0 Å². The lowest BCUT2D eigenvalue weighted by molar-refractivity contribution is -0.140. The van der Waals surface area contributed by atoms with Crippen molar-refractivity contribution in [1.82, 2.24) is 0 Å². The summed E-state index contributed by atoms with van der Waals surface area (Å²) >= 11 is 0. The Hall–Kier alpha value is -1.71. The molecule has 0 spiro atoms. The fraction of sp³-hybridized carbons (Fsp3) is 0.417. The van der Waals surface area contributed by atoms with Crippen LogP contribution in [-0.2, 0) is 14.4 Å². The second-order valence-electron chi connectivity index (χ2n) is 4.60. The summed E-state index contributed by atoms with van der Waals surface area (Å²) in [7, 11) is 0. The molecule has 16 heavy (non-hydrogen) atoms. The van der Waals surface area contributed by atoms with Crippen LogP contribution in [0.5, 0.6) is 0 Å². The van der Waals surface area contributed by atoms with Crippen molar-refractivity contribution in [3.63, 3.8) is 0 Å². The van der Waals surface area contributed by atoms with Crippen molar-refractivity contribution in [2.75, 3.05) is 0 Å². The number of nitrogens with zero attached hydrogens (tertiary/aromatic N) is 1. The number of rotatable bonds is 1. The summed E-state index contributed by atoms with van der Waals surface area (Å²) in [5.74, 6) is -0.516. The molecule has 0 N–H and O–H groups in total. The number of allylic oxidation sites excluding steroid dienone is 4. The Kier molecular flexibility index (Phi) is 3.42. The molecule has 0 fully saturated rings. The van der Waals surface area contributed by atoms with E-state index in [-0.39, 0.29) is 11.2 Å². The SMILES string of the molecule is CC(=O)O/N=C1/C=CC(=O)C(C(C)(C)C)=C1. The highest BCUT2D eigenvalue weighted by Crippen LogP contribution is 2.28. The Balaban J connectivity index is 2.97. The number of oxime groups is 1. The first kappa shape index (κ1) is 12.4. The summed E-state index contributed by atoms with van der Waals surface area (Å²) in [5, 5.41) is 3.63. The summed E-state index contributed by atoms with van der Waals surface area (Å²) in [6.07, 6.45) is 4.61. The molecule has 1 aliphatic rings. The number of carbonyl (C=O) groups excluding carboxylic acids is 2. The highest BCUT2D eigenvalue weighted by atomic mass is 16.7. The molecule has 0 aromatic rings. The highest BCUT2D eigenvalue weighted by Gasteiger charge is 2.24. The Morgan fingerprint density at radius 3 is 2.44 bits per heavy atom. The van der Waals surface area contributed by atoms with Gasteiger partial charge in [0.2, 0.25) is 0 Å². The van der Waals surface area contributed by atoms with Crippen LogP contribution >= 0.6 is 0 Å². The zero-order valence-electron chi connectivity index (χ0n) is 9.90. The summed E-state index contributed by atoms with van der Waals surface area (Å²) in [4.78, 5) is 26.7. The largest absolute Gasteiger partial charge is 0.331 e. The molecular formula is C12H15NO3. The van der Waals surface area contributed by atoms with E-state index < -0.39 is 5.97 Å². The van der Waals surface area contributed by atoms with Crippen molar-refractivity contribution in [3.05, 3.63) is 23.8 Å². The van der Waals surface area contributed by atoms with Crippen molar-refractivity contribution >= 4 is 17.5 Å². The first-order valence-electron chi connectivity index (χ1n) is 5.01. The Morgan fingerprint density at radius 1 is 1.31 bits per heavy atom. The van der Waals surface area contributed by atoms with Crippen LogP contribution in [0.25, 0.3) is 0 Å². The van der Waals surface area contributed by atoms with Crippen LogP contribution in [0.4, 0.5) is 0 Å². The van der Waals surface area contributed by atoms with Crippen molar-refractivity contribution < 1.29 is 14.4 Å². The van der Waals surface area contributed by atoms with Gasteiger partial charge >= 0.3 is 5.97 Å². The Morgan fingerprint density at radius 2 is 1.94 bits per heavy atom. The van der Waals surface area contributed by atoms with Crippen LogP contribution in [0, 0.1) is 5.41 Å². The molecule has 0 saturated carbocycles. The molecule has 86 valence electrons. The lowest BCUT2D eigenvalue weighted by atomic mass is 9.81. The Bertz CT molecular complexity index is 408. The lowest BCUT2D eigenvalue weighted by Crippen LogP contribution is -2.20. The third kappa shape index (κ3) is 3.15. The van der Waals surface area contributed by atoms with Gasteiger partial charge in [-0.05, 0) is 23.6 Å².